The fourth-order valence-corrected chi connectivity index (χ4v) is 2.72. The molecule has 4 nitrogen and oxygen atoms in total. The Balaban J connectivity index is 1.71. The van der Waals surface area contributed by atoms with Gasteiger partial charge in [0.25, 0.3) is 0 Å². The molecule has 3 atom stereocenters. The monoisotopic (exact) mass is 297 g/mol. The molecule has 0 amide bonds. The number of methoxy groups -OCH3 is 1. The molecule has 1 aromatic carbocycles. The van der Waals surface area contributed by atoms with Crippen LogP contribution >= 0.6 is 0 Å². The number of para-hydroxylation sites is 1. The minimum atomic E-state index is -0.679. The molecule has 0 heterocycles. The van der Waals surface area contributed by atoms with E-state index in [4.69, 9.17) is 9.47 Å². The number of halogens is 1. The second-order valence-corrected chi connectivity index (χ2v) is 6.14. The number of aliphatic hydroxyl groups excluding tert-OH is 1. The third-order valence-corrected chi connectivity index (χ3v) is 4.33. The number of aliphatic hydroxyl groups is 1. The minimum absolute atomic E-state index is 0.0564. The van der Waals surface area contributed by atoms with Gasteiger partial charge in [-0.1, -0.05) is 26.0 Å². The van der Waals surface area contributed by atoms with E-state index in [0.29, 0.717) is 12.6 Å². The summed E-state index contributed by atoms with van der Waals surface area (Å²) in [6.07, 6.45) is 0.508. The van der Waals surface area contributed by atoms with Crippen molar-refractivity contribution in [2.45, 2.75) is 38.5 Å². The number of benzene rings is 1. The summed E-state index contributed by atoms with van der Waals surface area (Å²) in [6.45, 7) is 4.77. The van der Waals surface area contributed by atoms with Gasteiger partial charge in [-0.15, -0.1) is 0 Å². The Hall–Kier alpha value is -1.17. The predicted molar refractivity (Wildman–Crippen MR) is 78.9 cm³/mol. The summed E-state index contributed by atoms with van der Waals surface area (Å²) < 4.78 is 24.0. The van der Waals surface area contributed by atoms with Gasteiger partial charge in [0, 0.05) is 25.1 Å². The van der Waals surface area contributed by atoms with Crippen LogP contribution in [-0.2, 0) is 4.74 Å². The first-order chi connectivity index (χ1) is 9.95. The molecule has 0 saturated heterocycles. The molecular formula is C16H24FNO3. The van der Waals surface area contributed by atoms with Crippen LogP contribution in [0.3, 0.4) is 0 Å². The van der Waals surface area contributed by atoms with Crippen molar-refractivity contribution in [1.82, 2.24) is 5.32 Å². The van der Waals surface area contributed by atoms with Gasteiger partial charge in [-0.25, -0.2) is 4.39 Å². The fraction of sp³-hybridized carbons (Fsp3) is 0.625. The second-order valence-electron chi connectivity index (χ2n) is 6.14. The molecule has 0 bridgehead atoms. The maximum atomic E-state index is 13.4. The van der Waals surface area contributed by atoms with Crippen LogP contribution in [0.4, 0.5) is 4.39 Å². The van der Waals surface area contributed by atoms with Crippen LogP contribution < -0.4 is 10.1 Å². The van der Waals surface area contributed by atoms with Gasteiger partial charge in [-0.05, 0) is 18.6 Å². The van der Waals surface area contributed by atoms with E-state index in [1.54, 1.807) is 25.3 Å². The first-order valence-corrected chi connectivity index (χ1v) is 7.26. The van der Waals surface area contributed by atoms with Gasteiger partial charge in [-0.2, -0.15) is 0 Å². The molecule has 0 aliphatic heterocycles. The first-order valence-electron chi connectivity index (χ1n) is 7.26. The average Bonchev–Trinajstić information content (AvgIpc) is 2.45. The lowest BCUT2D eigenvalue weighted by Crippen LogP contribution is -2.61. The van der Waals surface area contributed by atoms with Crippen LogP contribution in [0.2, 0.25) is 0 Å². The minimum Gasteiger partial charge on any atom is -0.488 e. The molecule has 5 heteroatoms. The van der Waals surface area contributed by atoms with E-state index in [2.05, 4.69) is 19.2 Å². The van der Waals surface area contributed by atoms with Crippen LogP contribution in [-0.4, -0.2) is 43.6 Å². The van der Waals surface area contributed by atoms with Gasteiger partial charge in [0.1, 0.15) is 12.7 Å². The molecule has 0 radical (unpaired) electrons. The Labute approximate surface area is 125 Å². The van der Waals surface area contributed by atoms with E-state index >= 15 is 0 Å². The highest BCUT2D eigenvalue weighted by Gasteiger charge is 2.48. The quantitative estimate of drug-likeness (QED) is 0.808. The number of hydrogen-bond donors (Lipinski definition) is 2. The van der Waals surface area contributed by atoms with E-state index in [1.165, 1.54) is 6.07 Å². The van der Waals surface area contributed by atoms with Gasteiger partial charge >= 0.3 is 0 Å². The molecular weight excluding hydrogens is 273 g/mol. The molecule has 1 aliphatic carbocycles. The summed E-state index contributed by atoms with van der Waals surface area (Å²) in [5.74, 6) is -0.249. The Morgan fingerprint density at radius 3 is 2.76 bits per heavy atom. The lowest BCUT2D eigenvalue weighted by Gasteiger charge is -2.51. The molecule has 118 valence electrons. The first kappa shape index (κ1) is 16.2. The van der Waals surface area contributed by atoms with Gasteiger partial charge in [0.2, 0.25) is 0 Å². The summed E-state index contributed by atoms with van der Waals surface area (Å²) in [6, 6.07) is 6.50. The van der Waals surface area contributed by atoms with Crippen molar-refractivity contribution in [1.29, 1.82) is 0 Å². The van der Waals surface area contributed by atoms with E-state index in [0.717, 1.165) is 6.42 Å². The Kier molecular flexibility index (Phi) is 5.19. The third-order valence-electron chi connectivity index (χ3n) is 4.33. The van der Waals surface area contributed by atoms with Crippen molar-refractivity contribution < 1.29 is 19.0 Å². The molecule has 0 spiro atoms. The van der Waals surface area contributed by atoms with E-state index < -0.39 is 11.9 Å². The van der Waals surface area contributed by atoms with Crippen molar-refractivity contribution in [2.24, 2.45) is 5.41 Å². The Morgan fingerprint density at radius 2 is 2.14 bits per heavy atom. The standard InChI is InChI=1S/C16H24FNO3/c1-16(2)14(8-15(16)20-3)18-9-11(19)10-21-13-7-5-4-6-12(13)17/h4-7,11,14-15,18-19H,8-10H2,1-3H3. The van der Waals surface area contributed by atoms with Crippen LogP contribution in [0.15, 0.2) is 24.3 Å². The molecule has 21 heavy (non-hydrogen) atoms. The molecule has 1 saturated carbocycles. The van der Waals surface area contributed by atoms with Gasteiger partial charge < -0.3 is 19.9 Å². The van der Waals surface area contributed by atoms with Crippen molar-refractivity contribution in [3.8, 4) is 5.75 Å². The van der Waals surface area contributed by atoms with Crippen molar-refractivity contribution >= 4 is 0 Å². The summed E-state index contributed by atoms with van der Waals surface area (Å²) in [4.78, 5) is 0. The highest BCUT2D eigenvalue weighted by molar-refractivity contribution is 5.23. The van der Waals surface area contributed by atoms with Crippen LogP contribution in [0.5, 0.6) is 5.75 Å². The van der Waals surface area contributed by atoms with E-state index in [-0.39, 0.29) is 23.9 Å². The third kappa shape index (κ3) is 3.73. The number of ether oxygens (including phenoxy) is 2. The SMILES string of the molecule is COC1CC(NCC(O)COc2ccccc2F)C1(C)C. The lowest BCUT2D eigenvalue weighted by molar-refractivity contribution is -0.0996. The number of hydrogen-bond acceptors (Lipinski definition) is 4. The summed E-state index contributed by atoms with van der Waals surface area (Å²) >= 11 is 0. The molecule has 1 aliphatic rings. The highest BCUT2D eigenvalue weighted by atomic mass is 19.1. The molecule has 3 unspecified atom stereocenters. The molecule has 1 fully saturated rings. The lowest BCUT2D eigenvalue weighted by atomic mass is 9.64. The van der Waals surface area contributed by atoms with Gasteiger partial charge in [-0.3, -0.25) is 0 Å². The van der Waals surface area contributed by atoms with E-state index in [1.807, 2.05) is 0 Å². The Bertz CT molecular complexity index is 467. The molecule has 2 N–H and O–H groups in total. The maximum Gasteiger partial charge on any atom is 0.165 e. The van der Waals surface area contributed by atoms with Crippen molar-refractivity contribution in [3.63, 3.8) is 0 Å². The van der Waals surface area contributed by atoms with Crippen molar-refractivity contribution in [2.75, 3.05) is 20.3 Å². The zero-order valence-corrected chi connectivity index (χ0v) is 12.8. The molecule has 2 rings (SSSR count). The van der Waals surface area contributed by atoms with E-state index in [9.17, 15) is 9.50 Å². The number of rotatable bonds is 7. The largest absolute Gasteiger partial charge is 0.488 e. The predicted octanol–water partition coefficient (Wildman–Crippen LogP) is 1.97. The average molecular weight is 297 g/mol. The second kappa shape index (κ2) is 6.73. The zero-order chi connectivity index (χ0) is 15.5. The zero-order valence-electron chi connectivity index (χ0n) is 12.8. The summed E-state index contributed by atoms with van der Waals surface area (Å²) in [7, 11) is 1.72. The molecule has 0 aromatic heterocycles. The van der Waals surface area contributed by atoms with Crippen LogP contribution in [0.25, 0.3) is 0 Å². The van der Waals surface area contributed by atoms with Gasteiger partial charge in [0.15, 0.2) is 11.6 Å². The number of nitrogens with one attached hydrogen (secondary N) is 1. The topological polar surface area (TPSA) is 50.7 Å². The Morgan fingerprint density at radius 1 is 1.43 bits per heavy atom. The normalized spacial score (nSPS) is 25.2. The smallest absolute Gasteiger partial charge is 0.165 e. The fourth-order valence-electron chi connectivity index (χ4n) is 2.72. The molecule has 1 aromatic rings. The summed E-state index contributed by atoms with van der Waals surface area (Å²) in [5, 5.41) is 13.2. The highest BCUT2D eigenvalue weighted by Crippen LogP contribution is 2.42. The van der Waals surface area contributed by atoms with Gasteiger partial charge in [0.05, 0.1) is 6.10 Å². The van der Waals surface area contributed by atoms with Crippen LogP contribution in [0.1, 0.15) is 20.3 Å². The van der Waals surface area contributed by atoms with Crippen LogP contribution in [0, 0.1) is 11.2 Å². The van der Waals surface area contributed by atoms with Crippen molar-refractivity contribution in [3.05, 3.63) is 30.1 Å². The summed E-state index contributed by atoms with van der Waals surface area (Å²) in [5.41, 5.74) is 0.0564. The maximum absolute atomic E-state index is 13.4.